The molecule has 6 heteroatoms. The van der Waals surface area contributed by atoms with Crippen molar-refractivity contribution in [2.45, 2.75) is 0 Å². The zero-order chi connectivity index (χ0) is 20.1. The minimum Gasteiger partial charge on any atom is -0.497 e. The van der Waals surface area contributed by atoms with Crippen LogP contribution >= 0.6 is 11.8 Å². The molecular formula is C22H22O5S. The third-order valence-electron chi connectivity index (χ3n) is 4.40. The first kappa shape index (κ1) is 19.9. The molecule has 0 unspecified atom stereocenters. The van der Waals surface area contributed by atoms with E-state index in [2.05, 4.69) is 0 Å². The van der Waals surface area contributed by atoms with E-state index in [-0.39, 0.29) is 5.78 Å². The number of rotatable bonds is 6. The van der Waals surface area contributed by atoms with Crippen LogP contribution < -0.4 is 18.9 Å². The lowest BCUT2D eigenvalue weighted by Gasteiger charge is -2.08. The number of carbonyl (C=O) groups excluding carboxylic acids is 1. The Balaban J connectivity index is 1.89. The van der Waals surface area contributed by atoms with Crippen LogP contribution in [0.4, 0.5) is 0 Å². The van der Waals surface area contributed by atoms with Gasteiger partial charge in [0.1, 0.15) is 23.0 Å². The zero-order valence-electron chi connectivity index (χ0n) is 16.3. The number of carbonyl (C=O) groups is 1. The first-order chi connectivity index (χ1) is 13.6. The van der Waals surface area contributed by atoms with Crippen LogP contribution in [0.25, 0.3) is 12.2 Å². The summed E-state index contributed by atoms with van der Waals surface area (Å²) < 4.78 is 21.3. The van der Waals surface area contributed by atoms with Crippen molar-refractivity contribution in [3.05, 3.63) is 58.0 Å². The molecule has 3 rings (SSSR count). The zero-order valence-corrected chi connectivity index (χ0v) is 17.1. The topological polar surface area (TPSA) is 54.0 Å². The predicted octanol–water partition coefficient (Wildman–Crippen LogP) is 4.46. The van der Waals surface area contributed by atoms with Crippen LogP contribution in [0, 0.1) is 0 Å². The van der Waals surface area contributed by atoms with Gasteiger partial charge in [-0.3, -0.25) is 4.79 Å². The van der Waals surface area contributed by atoms with E-state index in [1.165, 1.54) is 11.8 Å². The van der Waals surface area contributed by atoms with E-state index in [0.717, 1.165) is 16.7 Å². The summed E-state index contributed by atoms with van der Waals surface area (Å²) in [6.45, 7) is 0. The fourth-order valence-corrected chi connectivity index (χ4v) is 3.86. The molecule has 0 aliphatic carbocycles. The molecule has 1 aliphatic rings. The van der Waals surface area contributed by atoms with E-state index < -0.39 is 0 Å². The Morgan fingerprint density at radius 3 is 1.82 bits per heavy atom. The van der Waals surface area contributed by atoms with Gasteiger partial charge in [-0.15, -0.1) is 11.8 Å². The molecule has 1 fully saturated rings. The summed E-state index contributed by atoms with van der Waals surface area (Å²) in [6.07, 6.45) is 3.73. The molecule has 28 heavy (non-hydrogen) atoms. The summed E-state index contributed by atoms with van der Waals surface area (Å²) in [5.74, 6) is 3.36. The number of Topliss-reactive ketones (excluding diaryl/α,β-unsaturated/α-hetero) is 1. The van der Waals surface area contributed by atoms with Gasteiger partial charge in [-0.2, -0.15) is 0 Å². The highest BCUT2D eigenvalue weighted by atomic mass is 32.2. The molecule has 5 nitrogen and oxygen atoms in total. The van der Waals surface area contributed by atoms with Crippen LogP contribution in [0.15, 0.2) is 46.9 Å². The van der Waals surface area contributed by atoms with Crippen LogP contribution in [-0.4, -0.2) is 40.0 Å². The van der Waals surface area contributed by atoms with Crippen molar-refractivity contribution >= 4 is 29.7 Å². The number of ketones is 1. The van der Waals surface area contributed by atoms with Crippen LogP contribution in [-0.2, 0) is 4.79 Å². The summed E-state index contributed by atoms with van der Waals surface area (Å²) in [5.41, 5.74) is 2.41. The van der Waals surface area contributed by atoms with E-state index in [1.807, 2.05) is 36.4 Å². The van der Waals surface area contributed by atoms with E-state index in [9.17, 15) is 4.79 Å². The van der Waals surface area contributed by atoms with Crippen molar-refractivity contribution in [1.82, 2.24) is 0 Å². The number of ether oxygens (including phenoxy) is 4. The highest BCUT2D eigenvalue weighted by Crippen LogP contribution is 2.37. The van der Waals surface area contributed by atoms with Crippen molar-refractivity contribution in [2.24, 2.45) is 0 Å². The van der Waals surface area contributed by atoms with Gasteiger partial charge < -0.3 is 18.9 Å². The van der Waals surface area contributed by atoms with Gasteiger partial charge in [0, 0.05) is 34.6 Å². The summed E-state index contributed by atoms with van der Waals surface area (Å²) in [4.78, 5) is 13.6. The maximum absolute atomic E-state index is 12.9. The normalized spacial score (nSPS) is 16.5. The average Bonchev–Trinajstić information content (AvgIpc) is 3.07. The lowest BCUT2D eigenvalue weighted by Crippen LogP contribution is -1.98. The van der Waals surface area contributed by atoms with Crippen LogP contribution in [0.5, 0.6) is 23.0 Å². The van der Waals surface area contributed by atoms with Gasteiger partial charge in [0.2, 0.25) is 0 Å². The van der Waals surface area contributed by atoms with Crippen molar-refractivity contribution in [2.75, 3.05) is 34.2 Å². The molecule has 1 heterocycles. The molecule has 0 atom stereocenters. The van der Waals surface area contributed by atoms with Crippen molar-refractivity contribution < 1.29 is 23.7 Å². The second-order valence-electron chi connectivity index (χ2n) is 6.01. The van der Waals surface area contributed by atoms with E-state index >= 15 is 0 Å². The number of thioether (sulfide) groups is 1. The van der Waals surface area contributed by atoms with E-state index in [1.54, 1.807) is 40.6 Å². The quantitative estimate of drug-likeness (QED) is 0.670. The molecule has 0 spiro atoms. The molecule has 2 aromatic rings. The van der Waals surface area contributed by atoms with E-state index in [4.69, 9.17) is 18.9 Å². The lowest BCUT2D eigenvalue weighted by molar-refractivity contribution is -0.111. The van der Waals surface area contributed by atoms with Crippen molar-refractivity contribution in [3.63, 3.8) is 0 Å². The van der Waals surface area contributed by atoms with Crippen molar-refractivity contribution in [1.29, 1.82) is 0 Å². The summed E-state index contributed by atoms with van der Waals surface area (Å²) in [7, 11) is 6.41. The molecule has 0 aromatic heterocycles. The molecule has 146 valence electrons. The van der Waals surface area contributed by atoms with Gasteiger partial charge in [-0.05, 0) is 36.4 Å². The maximum Gasteiger partial charge on any atom is 0.196 e. The predicted molar refractivity (Wildman–Crippen MR) is 113 cm³/mol. The number of allylic oxidation sites excluding steroid dienone is 1. The Morgan fingerprint density at radius 2 is 1.32 bits per heavy atom. The number of hydrogen-bond donors (Lipinski definition) is 0. The first-order valence-electron chi connectivity index (χ1n) is 8.63. The largest absolute Gasteiger partial charge is 0.497 e. The molecule has 2 aromatic carbocycles. The fourth-order valence-electron chi connectivity index (χ4n) is 2.86. The minimum absolute atomic E-state index is 0.0146. The Morgan fingerprint density at radius 1 is 0.786 bits per heavy atom. The number of hydrogen-bond acceptors (Lipinski definition) is 6. The Bertz CT molecular complexity index is 870. The molecular weight excluding hydrogens is 376 g/mol. The SMILES string of the molecule is COc1ccc(C=C2CSC(=Cc3ccc(OC)cc3OC)C2=O)c(OC)c1. The maximum atomic E-state index is 12.9. The Kier molecular flexibility index (Phi) is 6.31. The standard InChI is InChI=1S/C22H22O5S/c1-24-17-7-5-14(19(11-17)26-3)9-16-13-28-21(22(16)23)10-15-6-8-18(25-2)12-20(15)27-4/h5-12H,13H2,1-4H3. The fraction of sp³-hybridized carbons (Fsp3) is 0.227. The third kappa shape index (κ3) is 4.17. The molecule has 0 radical (unpaired) electrons. The highest BCUT2D eigenvalue weighted by Gasteiger charge is 2.25. The molecule has 0 bridgehead atoms. The number of benzene rings is 2. The van der Waals surface area contributed by atoms with Crippen LogP contribution in [0.2, 0.25) is 0 Å². The van der Waals surface area contributed by atoms with Gasteiger partial charge in [-0.1, -0.05) is 0 Å². The second-order valence-corrected chi connectivity index (χ2v) is 7.03. The third-order valence-corrected chi connectivity index (χ3v) is 5.47. The first-order valence-corrected chi connectivity index (χ1v) is 9.62. The molecule has 0 saturated carbocycles. The number of methoxy groups -OCH3 is 4. The second kappa shape index (κ2) is 8.89. The van der Waals surface area contributed by atoms with Gasteiger partial charge >= 0.3 is 0 Å². The van der Waals surface area contributed by atoms with Crippen LogP contribution in [0.1, 0.15) is 11.1 Å². The molecule has 1 aliphatic heterocycles. The van der Waals surface area contributed by atoms with Gasteiger partial charge in [0.25, 0.3) is 0 Å². The van der Waals surface area contributed by atoms with E-state index in [0.29, 0.717) is 33.7 Å². The van der Waals surface area contributed by atoms with Gasteiger partial charge in [0.15, 0.2) is 5.78 Å². The lowest BCUT2D eigenvalue weighted by atomic mass is 10.1. The van der Waals surface area contributed by atoms with Crippen molar-refractivity contribution in [3.8, 4) is 23.0 Å². The molecule has 0 amide bonds. The summed E-state index contributed by atoms with van der Waals surface area (Å²) in [6, 6.07) is 11.1. The average molecular weight is 398 g/mol. The Labute approximate surface area is 168 Å². The minimum atomic E-state index is 0.0146. The van der Waals surface area contributed by atoms with Crippen LogP contribution in [0.3, 0.4) is 0 Å². The van der Waals surface area contributed by atoms with Gasteiger partial charge in [0.05, 0.1) is 33.3 Å². The monoisotopic (exact) mass is 398 g/mol. The molecule has 1 saturated heterocycles. The summed E-state index contributed by atoms with van der Waals surface area (Å²) in [5, 5.41) is 0. The smallest absolute Gasteiger partial charge is 0.196 e. The van der Waals surface area contributed by atoms with Gasteiger partial charge in [-0.25, -0.2) is 0 Å². The highest BCUT2D eigenvalue weighted by molar-refractivity contribution is 8.05. The summed E-state index contributed by atoms with van der Waals surface area (Å²) >= 11 is 1.51. The Hall–Kier alpha value is -2.86. The molecule has 0 N–H and O–H groups in total.